The highest BCUT2D eigenvalue weighted by Crippen LogP contribution is 2.34. The first kappa shape index (κ1) is 16.2. The van der Waals surface area contributed by atoms with Crippen molar-refractivity contribution in [3.8, 4) is 0 Å². The van der Waals surface area contributed by atoms with Crippen molar-refractivity contribution in [2.24, 2.45) is 0 Å². The van der Waals surface area contributed by atoms with E-state index in [-0.39, 0.29) is 18.5 Å². The fraction of sp³-hybridized carbons (Fsp3) is 0.917. The van der Waals surface area contributed by atoms with E-state index < -0.39 is 24.2 Å². The van der Waals surface area contributed by atoms with Crippen molar-refractivity contribution < 1.29 is 23.1 Å². The van der Waals surface area contributed by atoms with Gasteiger partial charge in [-0.2, -0.15) is 13.2 Å². The predicted octanol–water partition coefficient (Wildman–Crippen LogP) is 1.85. The van der Waals surface area contributed by atoms with Crippen LogP contribution in [-0.4, -0.2) is 53.4 Å². The Morgan fingerprint density at radius 2 is 2.11 bits per heavy atom. The Kier molecular flexibility index (Phi) is 4.84. The number of hydrogen-bond acceptors (Lipinski definition) is 3. The molecule has 1 rings (SSSR count). The summed E-state index contributed by atoms with van der Waals surface area (Å²) in [5.41, 5.74) is -1.10. The minimum Gasteiger partial charge on any atom is -0.480 e. The number of alkyl halides is 3. The third-order valence-electron chi connectivity index (χ3n) is 3.51. The average Bonchev–Trinajstić information content (AvgIpc) is 2.59. The molecule has 1 aliphatic rings. The molecule has 1 fully saturated rings. The molecule has 4 nitrogen and oxygen atoms in total. The third-order valence-corrected chi connectivity index (χ3v) is 3.51. The zero-order valence-corrected chi connectivity index (χ0v) is 11.4. The molecule has 112 valence electrons. The molecule has 7 heteroatoms. The number of nitrogens with zero attached hydrogens (tertiary/aromatic N) is 1. The van der Waals surface area contributed by atoms with Gasteiger partial charge >= 0.3 is 12.1 Å². The highest BCUT2D eigenvalue weighted by Gasteiger charge is 2.47. The third kappa shape index (κ3) is 4.35. The van der Waals surface area contributed by atoms with Crippen LogP contribution in [0.4, 0.5) is 13.2 Å². The lowest BCUT2D eigenvalue weighted by Crippen LogP contribution is -2.54. The first-order chi connectivity index (χ1) is 8.56. The van der Waals surface area contributed by atoms with Crippen molar-refractivity contribution in [1.29, 1.82) is 0 Å². The van der Waals surface area contributed by atoms with Crippen molar-refractivity contribution >= 4 is 5.97 Å². The molecule has 0 bridgehead atoms. The molecule has 0 heterocycles. The summed E-state index contributed by atoms with van der Waals surface area (Å²) in [5, 5.41) is 12.3. The number of carbonyl (C=O) groups is 1. The lowest BCUT2D eigenvalue weighted by atomic mass is 9.96. The standard InChI is InChI=1S/C12H21F3N2O2/c1-8(2)16-11(10(18)19)5-4-9(6-11)17(3)7-12(13,14)15/h8-9,16H,4-7H2,1-3H3,(H,18,19). The average molecular weight is 282 g/mol. The lowest BCUT2D eigenvalue weighted by Gasteiger charge is -2.30. The van der Waals surface area contributed by atoms with Crippen LogP contribution in [0.2, 0.25) is 0 Å². The summed E-state index contributed by atoms with van der Waals surface area (Å²) >= 11 is 0. The van der Waals surface area contributed by atoms with Gasteiger partial charge in [-0.25, -0.2) is 0 Å². The SMILES string of the molecule is CC(C)NC1(C(=O)O)CCC(N(C)CC(F)(F)F)C1. The first-order valence-electron chi connectivity index (χ1n) is 6.34. The van der Waals surface area contributed by atoms with Gasteiger partial charge in [0.05, 0.1) is 6.54 Å². The molecule has 0 aromatic rings. The molecule has 0 aromatic carbocycles. The second kappa shape index (κ2) is 5.66. The van der Waals surface area contributed by atoms with E-state index >= 15 is 0 Å². The molecule has 1 aliphatic carbocycles. The molecule has 2 unspecified atom stereocenters. The van der Waals surface area contributed by atoms with Crippen LogP contribution >= 0.6 is 0 Å². The topological polar surface area (TPSA) is 52.6 Å². The number of carboxylic acid groups (broad SMARTS) is 1. The maximum absolute atomic E-state index is 12.3. The quantitative estimate of drug-likeness (QED) is 0.808. The van der Waals surface area contributed by atoms with Gasteiger partial charge in [-0.05, 0) is 40.2 Å². The molecule has 0 aromatic heterocycles. The van der Waals surface area contributed by atoms with Gasteiger partial charge in [-0.3, -0.25) is 15.0 Å². The smallest absolute Gasteiger partial charge is 0.401 e. The number of halogens is 3. The number of nitrogens with one attached hydrogen (secondary N) is 1. The molecular formula is C12H21F3N2O2. The molecule has 1 saturated carbocycles. The van der Waals surface area contributed by atoms with Crippen LogP contribution in [0.25, 0.3) is 0 Å². The van der Waals surface area contributed by atoms with Crippen LogP contribution in [0.5, 0.6) is 0 Å². The van der Waals surface area contributed by atoms with Crippen LogP contribution in [0.3, 0.4) is 0 Å². The maximum atomic E-state index is 12.3. The van der Waals surface area contributed by atoms with Crippen molar-refractivity contribution in [3.05, 3.63) is 0 Å². The Bertz CT molecular complexity index is 333. The maximum Gasteiger partial charge on any atom is 0.401 e. The Labute approximate surface area is 111 Å². The summed E-state index contributed by atoms with van der Waals surface area (Å²) in [5.74, 6) is -0.982. The zero-order chi connectivity index (χ0) is 14.8. The van der Waals surface area contributed by atoms with Gasteiger partial charge in [-0.15, -0.1) is 0 Å². The van der Waals surface area contributed by atoms with Gasteiger partial charge in [0.25, 0.3) is 0 Å². The van der Waals surface area contributed by atoms with Crippen LogP contribution in [-0.2, 0) is 4.79 Å². The van der Waals surface area contributed by atoms with Crippen LogP contribution in [0, 0.1) is 0 Å². The zero-order valence-electron chi connectivity index (χ0n) is 11.4. The summed E-state index contributed by atoms with van der Waals surface area (Å²) in [7, 11) is 1.39. The van der Waals surface area contributed by atoms with E-state index in [2.05, 4.69) is 5.32 Å². The van der Waals surface area contributed by atoms with Crippen LogP contribution < -0.4 is 5.32 Å². The summed E-state index contributed by atoms with van der Waals surface area (Å²) in [6.07, 6.45) is -3.24. The molecule has 2 N–H and O–H groups in total. The normalized spacial score (nSPS) is 28.3. The highest BCUT2D eigenvalue weighted by atomic mass is 19.4. The van der Waals surface area contributed by atoms with E-state index in [9.17, 15) is 23.1 Å². The number of aliphatic carboxylic acids is 1. The minimum absolute atomic E-state index is 0.0252. The number of hydrogen-bond donors (Lipinski definition) is 2. The Hall–Kier alpha value is -0.820. The largest absolute Gasteiger partial charge is 0.480 e. The summed E-state index contributed by atoms with van der Waals surface area (Å²) < 4.78 is 37.0. The summed E-state index contributed by atoms with van der Waals surface area (Å²) in [6.45, 7) is 2.66. The van der Waals surface area contributed by atoms with Crippen molar-refractivity contribution in [1.82, 2.24) is 10.2 Å². The van der Waals surface area contributed by atoms with Crippen molar-refractivity contribution in [3.63, 3.8) is 0 Å². The number of carboxylic acids is 1. The summed E-state index contributed by atoms with van der Waals surface area (Å²) in [4.78, 5) is 12.6. The van der Waals surface area contributed by atoms with E-state index in [1.807, 2.05) is 13.8 Å². The lowest BCUT2D eigenvalue weighted by molar-refractivity contribution is -0.148. The Balaban J connectivity index is 2.71. The molecular weight excluding hydrogens is 261 g/mol. The van der Waals surface area contributed by atoms with E-state index in [4.69, 9.17) is 0 Å². The van der Waals surface area contributed by atoms with Gasteiger partial charge in [0.15, 0.2) is 0 Å². The molecule has 0 radical (unpaired) electrons. The monoisotopic (exact) mass is 282 g/mol. The van der Waals surface area contributed by atoms with Crippen molar-refractivity contribution in [2.75, 3.05) is 13.6 Å². The van der Waals surface area contributed by atoms with Gasteiger partial charge in [0, 0.05) is 12.1 Å². The van der Waals surface area contributed by atoms with Gasteiger partial charge in [-0.1, -0.05) is 0 Å². The molecule has 0 saturated heterocycles. The molecule has 19 heavy (non-hydrogen) atoms. The van der Waals surface area contributed by atoms with Crippen LogP contribution in [0.1, 0.15) is 33.1 Å². The Morgan fingerprint density at radius 1 is 1.53 bits per heavy atom. The van der Waals surface area contributed by atoms with E-state index in [1.165, 1.54) is 11.9 Å². The van der Waals surface area contributed by atoms with E-state index in [0.717, 1.165) is 0 Å². The molecule has 2 atom stereocenters. The molecule has 0 spiro atoms. The molecule has 0 aliphatic heterocycles. The van der Waals surface area contributed by atoms with Gasteiger partial charge in [0.2, 0.25) is 0 Å². The van der Waals surface area contributed by atoms with Crippen LogP contribution in [0.15, 0.2) is 0 Å². The minimum atomic E-state index is -4.26. The Morgan fingerprint density at radius 3 is 2.53 bits per heavy atom. The second-order valence-corrected chi connectivity index (χ2v) is 5.61. The first-order valence-corrected chi connectivity index (χ1v) is 6.34. The van der Waals surface area contributed by atoms with E-state index in [1.54, 1.807) is 0 Å². The predicted molar refractivity (Wildman–Crippen MR) is 65.0 cm³/mol. The fourth-order valence-corrected chi connectivity index (χ4v) is 2.75. The van der Waals surface area contributed by atoms with Crippen molar-refractivity contribution in [2.45, 2.75) is 56.9 Å². The van der Waals surface area contributed by atoms with Gasteiger partial charge < -0.3 is 5.11 Å². The molecule has 0 amide bonds. The second-order valence-electron chi connectivity index (χ2n) is 5.61. The highest BCUT2D eigenvalue weighted by molar-refractivity contribution is 5.79. The van der Waals surface area contributed by atoms with Gasteiger partial charge in [0.1, 0.15) is 5.54 Å². The fourth-order valence-electron chi connectivity index (χ4n) is 2.75. The number of rotatable bonds is 5. The summed E-state index contributed by atoms with van der Waals surface area (Å²) in [6, 6.07) is -0.383. The van der Waals surface area contributed by atoms with E-state index in [0.29, 0.717) is 12.8 Å².